The Morgan fingerprint density at radius 1 is 1.32 bits per heavy atom. The van der Waals surface area contributed by atoms with E-state index in [0.29, 0.717) is 16.5 Å². The van der Waals surface area contributed by atoms with E-state index in [1.807, 2.05) is 41.1 Å². The molecule has 1 aliphatic carbocycles. The highest BCUT2D eigenvalue weighted by Gasteiger charge is 2.32. The number of nitrogens with zero attached hydrogens (tertiary/aromatic N) is 2. The monoisotopic (exact) mass is 391 g/mol. The van der Waals surface area contributed by atoms with Gasteiger partial charge in [0, 0.05) is 16.6 Å². The molecule has 4 nitrogen and oxygen atoms in total. The van der Waals surface area contributed by atoms with Crippen molar-refractivity contribution >= 4 is 33.1 Å². The van der Waals surface area contributed by atoms with E-state index in [1.165, 1.54) is 4.88 Å². The number of nitrogens with one attached hydrogen (secondary N) is 1. The molecule has 1 N–H and O–H groups in total. The number of rotatable bonds is 3. The van der Waals surface area contributed by atoms with Gasteiger partial charge in [-0.25, -0.2) is 0 Å². The van der Waals surface area contributed by atoms with Crippen LogP contribution in [-0.2, 0) is 24.2 Å². The van der Waals surface area contributed by atoms with Crippen molar-refractivity contribution in [2.45, 2.75) is 46.6 Å². The minimum absolute atomic E-state index is 0.0937. The predicted molar refractivity (Wildman–Crippen MR) is 115 cm³/mol. The van der Waals surface area contributed by atoms with Gasteiger partial charge in [-0.1, -0.05) is 39.0 Å². The molecule has 5 heteroatoms. The van der Waals surface area contributed by atoms with Crippen LogP contribution in [0.2, 0.25) is 0 Å². The number of para-hydroxylation sites is 1. The molecule has 1 aromatic carbocycles. The van der Waals surface area contributed by atoms with Gasteiger partial charge in [0.2, 0.25) is 5.91 Å². The van der Waals surface area contributed by atoms with Crippen molar-refractivity contribution < 1.29 is 4.79 Å². The van der Waals surface area contributed by atoms with E-state index in [2.05, 4.69) is 32.2 Å². The number of amides is 1. The predicted octanol–water partition coefficient (Wildman–Crippen LogP) is 5.36. The molecule has 0 saturated heterocycles. The van der Waals surface area contributed by atoms with Crippen molar-refractivity contribution in [1.82, 2.24) is 4.57 Å². The van der Waals surface area contributed by atoms with Crippen LogP contribution in [0.4, 0.5) is 5.00 Å². The van der Waals surface area contributed by atoms with E-state index in [1.54, 1.807) is 11.3 Å². The van der Waals surface area contributed by atoms with Crippen LogP contribution >= 0.6 is 11.3 Å². The smallest absolute Gasteiger partial charge is 0.244 e. The minimum atomic E-state index is -0.0937. The normalized spacial score (nSPS) is 16.6. The van der Waals surface area contributed by atoms with E-state index >= 15 is 0 Å². The van der Waals surface area contributed by atoms with Gasteiger partial charge in [-0.15, -0.1) is 11.3 Å². The third kappa shape index (κ3) is 3.45. The second-order valence-electron chi connectivity index (χ2n) is 8.68. The first kappa shape index (κ1) is 18.8. The number of benzene rings is 1. The summed E-state index contributed by atoms with van der Waals surface area (Å²) in [6.45, 7) is 7.09. The maximum Gasteiger partial charge on any atom is 0.244 e. The summed E-state index contributed by atoms with van der Waals surface area (Å²) in [5.41, 5.74) is 3.11. The first-order valence-electron chi connectivity index (χ1n) is 9.75. The number of carbonyl (C=O) groups is 1. The minimum Gasteiger partial charge on any atom is -0.338 e. The Hall–Kier alpha value is -2.58. The molecule has 28 heavy (non-hydrogen) atoms. The molecule has 0 bridgehead atoms. The van der Waals surface area contributed by atoms with E-state index < -0.39 is 0 Å². The lowest BCUT2D eigenvalue weighted by molar-refractivity contribution is -0.116. The van der Waals surface area contributed by atoms with Gasteiger partial charge in [0.05, 0.1) is 5.56 Å². The summed E-state index contributed by atoms with van der Waals surface area (Å²) < 4.78 is 1.94. The molecule has 1 atom stereocenters. The highest BCUT2D eigenvalue weighted by Crippen LogP contribution is 2.44. The van der Waals surface area contributed by atoms with Crippen LogP contribution in [0, 0.1) is 22.7 Å². The van der Waals surface area contributed by atoms with E-state index in [-0.39, 0.29) is 17.9 Å². The van der Waals surface area contributed by atoms with Crippen molar-refractivity contribution in [3.05, 3.63) is 52.5 Å². The second-order valence-corrected chi connectivity index (χ2v) is 9.78. The fourth-order valence-corrected chi connectivity index (χ4v) is 5.42. The number of fused-ring (bicyclic) bond motifs is 2. The molecule has 0 fully saturated rings. The summed E-state index contributed by atoms with van der Waals surface area (Å²) in [6.07, 6.45) is 4.96. The zero-order valence-electron chi connectivity index (χ0n) is 16.6. The number of hydrogen-bond donors (Lipinski definition) is 1. The maximum absolute atomic E-state index is 12.7. The molecule has 0 spiro atoms. The molecule has 0 aliphatic heterocycles. The molecule has 1 amide bonds. The van der Waals surface area contributed by atoms with Gasteiger partial charge in [0.25, 0.3) is 0 Å². The fourth-order valence-electron chi connectivity index (χ4n) is 4.13. The average Bonchev–Trinajstić information content (AvgIpc) is 3.21. The van der Waals surface area contributed by atoms with Crippen molar-refractivity contribution in [1.29, 1.82) is 5.26 Å². The summed E-state index contributed by atoms with van der Waals surface area (Å²) in [5, 5.41) is 14.5. The van der Waals surface area contributed by atoms with Crippen LogP contribution in [0.25, 0.3) is 10.9 Å². The zero-order valence-corrected chi connectivity index (χ0v) is 17.4. The van der Waals surface area contributed by atoms with E-state index in [9.17, 15) is 10.1 Å². The second kappa shape index (κ2) is 7.10. The number of aromatic nitrogens is 1. The Morgan fingerprint density at radius 2 is 2.11 bits per heavy atom. The largest absolute Gasteiger partial charge is 0.338 e. The molecule has 2 heterocycles. The summed E-state index contributed by atoms with van der Waals surface area (Å²) in [5.74, 6) is 0.517. The quantitative estimate of drug-likeness (QED) is 0.653. The fraction of sp³-hybridized carbons (Fsp3) is 0.391. The van der Waals surface area contributed by atoms with Gasteiger partial charge in [0.1, 0.15) is 17.6 Å². The number of hydrogen-bond acceptors (Lipinski definition) is 3. The molecular weight excluding hydrogens is 366 g/mol. The summed E-state index contributed by atoms with van der Waals surface area (Å²) in [7, 11) is 0. The SMILES string of the molecule is CC(C)(C)C1CCc2c(sc(NC(=O)Cn3ccc4ccccc43)c2C#N)C1. The van der Waals surface area contributed by atoms with Crippen LogP contribution in [0.3, 0.4) is 0 Å². The van der Waals surface area contributed by atoms with Crippen LogP contribution in [0.15, 0.2) is 36.5 Å². The molecule has 0 radical (unpaired) electrons. The van der Waals surface area contributed by atoms with E-state index in [0.717, 1.165) is 35.7 Å². The van der Waals surface area contributed by atoms with Crippen molar-refractivity contribution in [2.24, 2.45) is 11.3 Å². The van der Waals surface area contributed by atoms with Crippen LogP contribution in [-0.4, -0.2) is 10.5 Å². The number of carbonyl (C=O) groups excluding carboxylic acids is 1. The molecule has 1 unspecified atom stereocenters. The van der Waals surface area contributed by atoms with Crippen molar-refractivity contribution in [2.75, 3.05) is 5.32 Å². The van der Waals surface area contributed by atoms with Gasteiger partial charge < -0.3 is 9.88 Å². The Kier molecular flexibility index (Phi) is 4.76. The van der Waals surface area contributed by atoms with Gasteiger partial charge in [-0.3, -0.25) is 4.79 Å². The highest BCUT2D eigenvalue weighted by molar-refractivity contribution is 7.16. The third-order valence-corrected chi connectivity index (χ3v) is 7.02. The molecule has 2 aromatic heterocycles. The Morgan fingerprint density at radius 3 is 2.86 bits per heavy atom. The first-order valence-corrected chi connectivity index (χ1v) is 10.6. The Bertz CT molecular complexity index is 1080. The third-order valence-electron chi connectivity index (χ3n) is 5.85. The summed E-state index contributed by atoms with van der Waals surface area (Å²) in [6, 6.07) is 12.4. The number of nitriles is 1. The lowest BCUT2D eigenvalue weighted by Gasteiger charge is -2.33. The molecule has 144 valence electrons. The van der Waals surface area contributed by atoms with Crippen LogP contribution in [0.1, 0.15) is 43.2 Å². The molecule has 0 saturated carbocycles. The van der Waals surface area contributed by atoms with Crippen LogP contribution < -0.4 is 5.32 Å². The standard InChI is InChI=1S/C23H25N3OS/c1-23(2,3)16-8-9-17-18(13-24)22(28-20(17)12-16)25-21(27)14-26-11-10-15-6-4-5-7-19(15)26/h4-7,10-11,16H,8-9,12,14H2,1-3H3,(H,25,27). The van der Waals surface area contributed by atoms with Gasteiger partial charge in [-0.2, -0.15) is 5.26 Å². The topological polar surface area (TPSA) is 57.8 Å². The van der Waals surface area contributed by atoms with Gasteiger partial charge in [0.15, 0.2) is 0 Å². The lowest BCUT2D eigenvalue weighted by atomic mass is 9.72. The molecule has 1 aliphatic rings. The summed E-state index contributed by atoms with van der Waals surface area (Å²) in [4.78, 5) is 14.0. The summed E-state index contributed by atoms with van der Waals surface area (Å²) >= 11 is 1.59. The maximum atomic E-state index is 12.7. The van der Waals surface area contributed by atoms with Gasteiger partial charge >= 0.3 is 0 Å². The average molecular weight is 392 g/mol. The highest BCUT2D eigenvalue weighted by atomic mass is 32.1. The van der Waals surface area contributed by atoms with Crippen molar-refractivity contribution in [3.63, 3.8) is 0 Å². The Labute approximate surface area is 169 Å². The molecular formula is C23H25N3OS. The first-order chi connectivity index (χ1) is 13.4. The molecule has 4 rings (SSSR count). The van der Waals surface area contributed by atoms with Gasteiger partial charge in [-0.05, 0) is 53.7 Å². The molecule has 3 aromatic rings. The van der Waals surface area contributed by atoms with Crippen molar-refractivity contribution in [3.8, 4) is 6.07 Å². The van der Waals surface area contributed by atoms with E-state index in [4.69, 9.17) is 0 Å². The van der Waals surface area contributed by atoms with Crippen LogP contribution in [0.5, 0.6) is 0 Å². The number of thiophene rings is 1. The lowest BCUT2D eigenvalue weighted by Crippen LogP contribution is -2.26. The number of anilines is 1. The Balaban J connectivity index is 1.54. The zero-order chi connectivity index (χ0) is 19.9.